The molecule has 0 unspecified atom stereocenters. The molecular formula is C20H32NO3. The molecule has 4 nitrogen and oxygen atoms in total. The maximum atomic E-state index is 10.9. The summed E-state index contributed by atoms with van der Waals surface area (Å²) in [6.07, 6.45) is 23.1. The predicted molar refractivity (Wildman–Crippen MR) is 100 cm³/mol. The number of nitrogens with zero attached hydrogens (tertiary/aromatic N) is 1. The van der Waals surface area contributed by atoms with Crippen molar-refractivity contribution in [2.75, 3.05) is 0 Å². The largest absolute Gasteiger partial charge is 0.291 e. The van der Waals surface area contributed by atoms with Gasteiger partial charge in [-0.1, -0.05) is 56.9 Å². The van der Waals surface area contributed by atoms with Gasteiger partial charge >= 0.3 is 0 Å². The quantitative estimate of drug-likeness (QED) is 0.149. The minimum atomic E-state index is -0.253. The predicted octanol–water partition coefficient (Wildman–Crippen LogP) is 6.07. The molecule has 0 aliphatic rings. The SMILES string of the molecule is CCCCC/C(=C/C/C=C/C/C=C/CCCCCC[C]=O)[N+](=O)[O-]. The lowest BCUT2D eigenvalue weighted by atomic mass is 10.1. The van der Waals surface area contributed by atoms with E-state index in [-0.39, 0.29) is 4.92 Å². The molecule has 0 N–H and O–H groups in total. The smallest absolute Gasteiger partial charge is 0.242 e. The third-order valence-electron chi connectivity index (χ3n) is 3.77. The lowest BCUT2D eigenvalue weighted by Gasteiger charge is -1.97. The molecule has 0 bridgehead atoms. The average molecular weight is 334 g/mol. The van der Waals surface area contributed by atoms with Crippen molar-refractivity contribution in [2.45, 2.75) is 84.0 Å². The van der Waals surface area contributed by atoms with Gasteiger partial charge in [0.25, 0.3) is 0 Å². The van der Waals surface area contributed by atoms with Gasteiger partial charge in [0.15, 0.2) is 6.29 Å². The minimum absolute atomic E-state index is 0.253. The molecule has 0 aliphatic heterocycles. The number of rotatable bonds is 16. The fourth-order valence-corrected chi connectivity index (χ4v) is 2.33. The fraction of sp³-hybridized carbons (Fsp3) is 0.650. The second-order valence-corrected chi connectivity index (χ2v) is 5.92. The number of hydrogen-bond donors (Lipinski definition) is 0. The van der Waals surface area contributed by atoms with E-state index in [9.17, 15) is 14.9 Å². The molecule has 1 radical (unpaired) electrons. The molecule has 0 atom stereocenters. The summed E-state index contributed by atoms with van der Waals surface area (Å²) in [6, 6.07) is 0. The Bertz CT molecular complexity index is 411. The molecule has 0 amide bonds. The van der Waals surface area contributed by atoms with Gasteiger partial charge in [0.2, 0.25) is 5.70 Å². The molecule has 4 heteroatoms. The molecule has 135 valence electrons. The van der Waals surface area contributed by atoms with Crippen LogP contribution in [-0.4, -0.2) is 11.2 Å². The Morgan fingerprint density at radius 2 is 1.67 bits per heavy atom. The van der Waals surface area contributed by atoms with E-state index in [0.29, 0.717) is 25.0 Å². The molecule has 24 heavy (non-hydrogen) atoms. The van der Waals surface area contributed by atoms with Crippen molar-refractivity contribution >= 4 is 6.29 Å². The van der Waals surface area contributed by atoms with Crippen LogP contribution >= 0.6 is 0 Å². The van der Waals surface area contributed by atoms with Crippen LogP contribution in [0.4, 0.5) is 0 Å². The van der Waals surface area contributed by atoms with Crippen LogP contribution in [0.5, 0.6) is 0 Å². The van der Waals surface area contributed by atoms with E-state index in [4.69, 9.17) is 0 Å². The van der Waals surface area contributed by atoms with Crippen LogP contribution in [0.2, 0.25) is 0 Å². The number of unbranched alkanes of at least 4 members (excludes halogenated alkanes) is 7. The Morgan fingerprint density at radius 3 is 2.38 bits per heavy atom. The summed E-state index contributed by atoms with van der Waals surface area (Å²) >= 11 is 0. The zero-order chi connectivity index (χ0) is 17.9. The van der Waals surface area contributed by atoms with Crippen LogP contribution in [0.25, 0.3) is 0 Å². The van der Waals surface area contributed by atoms with E-state index >= 15 is 0 Å². The Labute approximate surface area is 146 Å². The number of hydrogen-bond acceptors (Lipinski definition) is 3. The normalized spacial score (nSPS) is 12.3. The first-order valence-corrected chi connectivity index (χ1v) is 9.20. The highest BCUT2D eigenvalue weighted by Crippen LogP contribution is 2.11. The minimum Gasteiger partial charge on any atom is -0.291 e. The van der Waals surface area contributed by atoms with Crippen LogP contribution in [-0.2, 0) is 4.79 Å². The van der Waals surface area contributed by atoms with Crippen LogP contribution in [0.15, 0.2) is 36.1 Å². The number of carbonyl (C=O) groups excluding carboxylic acids is 1. The Hall–Kier alpha value is -1.71. The van der Waals surface area contributed by atoms with Crippen LogP contribution in [0, 0.1) is 10.1 Å². The summed E-state index contributed by atoms with van der Waals surface area (Å²) in [6.45, 7) is 2.10. The van der Waals surface area contributed by atoms with Crippen molar-refractivity contribution in [3.8, 4) is 0 Å². The first-order chi connectivity index (χ1) is 11.7. The second kappa shape index (κ2) is 17.6. The molecule has 0 aromatic carbocycles. The molecule has 0 saturated carbocycles. The van der Waals surface area contributed by atoms with E-state index in [1.807, 2.05) is 12.4 Å². The molecule has 0 spiro atoms. The first kappa shape index (κ1) is 22.3. The lowest BCUT2D eigenvalue weighted by Crippen LogP contribution is -1.98. The molecule has 0 fully saturated rings. The van der Waals surface area contributed by atoms with Crippen LogP contribution < -0.4 is 0 Å². The van der Waals surface area contributed by atoms with Crippen molar-refractivity contribution in [3.63, 3.8) is 0 Å². The van der Waals surface area contributed by atoms with Gasteiger partial charge in [0.1, 0.15) is 0 Å². The first-order valence-electron chi connectivity index (χ1n) is 9.20. The van der Waals surface area contributed by atoms with Gasteiger partial charge in [0, 0.05) is 12.8 Å². The fourth-order valence-electron chi connectivity index (χ4n) is 2.33. The van der Waals surface area contributed by atoms with Crippen molar-refractivity contribution in [1.29, 1.82) is 0 Å². The Morgan fingerprint density at radius 1 is 0.958 bits per heavy atom. The molecule has 0 saturated heterocycles. The topological polar surface area (TPSA) is 60.2 Å². The van der Waals surface area contributed by atoms with Gasteiger partial charge in [0.05, 0.1) is 4.92 Å². The molecule has 0 aromatic rings. The third kappa shape index (κ3) is 15.2. The van der Waals surface area contributed by atoms with E-state index in [2.05, 4.69) is 25.2 Å². The maximum Gasteiger partial charge on any atom is 0.242 e. The van der Waals surface area contributed by atoms with Gasteiger partial charge in [-0.25, -0.2) is 0 Å². The van der Waals surface area contributed by atoms with Crippen LogP contribution in [0.3, 0.4) is 0 Å². The lowest BCUT2D eigenvalue weighted by molar-refractivity contribution is -0.428. The summed E-state index contributed by atoms with van der Waals surface area (Å²) in [7, 11) is 0. The Balaban J connectivity index is 3.74. The highest BCUT2D eigenvalue weighted by Gasteiger charge is 2.08. The zero-order valence-electron chi connectivity index (χ0n) is 15.0. The van der Waals surface area contributed by atoms with Gasteiger partial charge < -0.3 is 0 Å². The molecule has 0 rings (SSSR count). The third-order valence-corrected chi connectivity index (χ3v) is 3.77. The van der Waals surface area contributed by atoms with E-state index < -0.39 is 0 Å². The van der Waals surface area contributed by atoms with E-state index in [0.717, 1.165) is 57.8 Å². The summed E-state index contributed by atoms with van der Waals surface area (Å²) in [4.78, 5) is 20.7. The summed E-state index contributed by atoms with van der Waals surface area (Å²) in [5, 5.41) is 10.9. The van der Waals surface area contributed by atoms with Crippen molar-refractivity contribution < 1.29 is 9.72 Å². The van der Waals surface area contributed by atoms with Gasteiger partial charge in [-0.15, -0.1) is 0 Å². The summed E-state index contributed by atoms with van der Waals surface area (Å²) in [5.41, 5.74) is 0.343. The number of nitro groups is 1. The monoisotopic (exact) mass is 334 g/mol. The van der Waals surface area contributed by atoms with Crippen molar-refractivity contribution in [1.82, 2.24) is 0 Å². The maximum absolute atomic E-state index is 10.9. The zero-order valence-corrected chi connectivity index (χ0v) is 15.0. The van der Waals surface area contributed by atoms with Gasteiger partial charge in [-0.2, -0.15) is 0 Å². The van der Waals surface area contributed by atoms with Gasteiger partial charge in [-0.05, 0) is 44.6 Å². The van der Waals surface area contributed by atoms with Gasteiger partial charge in [-0.3, -0.25) is 14.9 Å². The Kier molecular flexibility index (Phi) is 16.4. The molecule has 0 heterocycles. The second-order valence-electron chi connectivity index (χ2n) is 5.92. The average Bonchev–Trinajstić information content (AvgIpc) is 2.57. The standard InChI is InChI=1S/C20H32NO3/c1-2-3-14-17-20(21(23)24)18-15-12-10-8-6-4-5-7-9-11-13-16-19-22/h4,6,10,12,18H,2-3,5,7-9,11,13-17H2,1H3/b6-4+,12-10+,20-18-. The molecule has 0 aromatic heterocycles. The van der Waals surface area contributed by atoms with Crippen LogP contribution in [0.1, 0.15) is 84.0 Å². The van der Waals surface area contributed by atoms with Crippen molar-refractivity contribution in [2.24, 2.45) is 0 Å². The van der Waals surface area contributed by atoms with E-state index in [1.54, 1.807) is 6.08 Å². The van der Waals surface area contributed by atoms with E-state index in [1.165, 1.54) is 0 Å². The van der Waals surface area contributed by atoms with Crippen molar-refractivity contribution in [3.05, 3.63) is 46.2 Å². The summed E-state index contributed by atoms with van der Waals surface area (Å²) in [5.74, 6) is 0. The highest BCUT2D eigenvalue weighted by atomic mass is 16.6. The summed E-state index contributed by atoms with van der Waals surface area (Å²) < 4.78 is 0. The number of allylic oxidation sites excluding steroid dienone is 6. The molecular weight excluding hydrogens is 302 g/mol. The molecule has 0 aliphatic carbocycles. The highest BCUT2D eigenvalue weighted by molar-refractivity contribution is 5.50.